The molecule has 0 saturated heterocycles. The summed E-state index contributed by atoms with van der Waals surface area (Å²) in [6.45, 7) is 17.5. The number of hydrogen-bond donors (Lipinski definition) is 0. The van der Waals surface area contributed by atoms with Crippen molar-refractivity contribution >= 4 is 81.3 Å². The van der Waals surface area contributed by atoms with Gasteiger partial charge in [-0.1, -0.05) is 174 Å². The van der Waals surface area contributed by atoms with Gasteiger partial charge in [0.2, 0.25) is 0 Å². The van der Waals surface area contributed by atoms with Gasteiger partial charge in [0.25, 0.3) is 0 Å². The number of benzene rings is 2. The van der Waals surface area contributed by atoms with Crippen molar-refractivity contribution in [2.75, 3.05) is 0 Å². The van der Waals surface area contributed by atoms with E-state index in [1.165, 1.54) is 195 Å². The fraction of sp³-hybridized carbons (Fsp3) is 0.519. The Morgan fingerprint density at radius 3 is 1.54 bits per heavy atom. The second-order valence-electron chi connectivity index (χ2n) is 17.9. The Morgan fingerprint density at radius 2 is 0.984 bits per heavy atom. The van der Waals surface area contributed by atoms with E-state index < -0.39 is 0 Å². The van der Waals surface area contributed by atoms with Crippen molar-refractivity contribution in [3.8, 4) is 0 Å². The minimum absolute atomic E-state index is 0.807. The maximum atomic E-state index is 5.12. The lowest BCUT2D eigenvalue weighted by Crippen LogP contribution is -2.08. The summed E-state index contributed by atoms with van der Waals surface area (Å²) < 4.78 is 14.4. The zero-order valence-electron chi connectivity index (χ0n) is 37.9. The van der Waals surface area contributed by atoms with Crippen LogP contribution in [0.3, 0.4) is 0 Å². The van der Waals surface area contributed by atoms with Crippen LogP contribution >= 0.6 is 34.4 Å². The molecule has 0 unspecified atom stereocenters. The zero-order chi connectivity index (χ0) is 42.6. The number of rotatable bonds is 25. The summed E-state index contributed by atoms with van der Waals surface area (Å²) in [5.74, 6) is 0. The maximum absolute atomic E-state index is 5.12. The van der Waals surface area contributed by atoms with Crippen LogP contribution in [0, 0.1) is 32.7 Å². The highest BCUT2D eigenvalue weighted by Crippen LogP contribution is 2.39. The summed E-state index contributed by atoms with van der Waals surface area (Å²) >= 11 is 4.89. The van der Waals surface area contributed by atoms with Crippen molar-refractivity contribution in [3.63, 3.8) is 0 Å². The summed E-state index contributed by atoms with van der Waals surface area (Å²) in [5, 5.41) is 1.83. The first-order valence-electron chi connectivity index (χ1n) is 24.1. The van der Waals surface area contributed by atoms with E-state index in [2.05, 4.69) is 63.4 Å². The molecule has 61 heavy (non-hydrogen) atoms. The molecule has 4 heterocycles. The van der Waals surface area contributed by atoms with Crippen LogP contribution in [0.5, 0.6) is 0 Å². The second-order valence-corrected chi connectivity index (χ2v) is 20.6. The van der Waals surface area contributed by atoms with E-state index in [1.54, 1.807) is 0 Å². The first kappa shape index (κ1) is 45.5. The number of thiophene rings is 2. The van der Waals surface area contributed by atoms with E-state index in [0.29, 0.717) is 0 Å². The molecule has 7 heteroatoms. The molecule has 4 aromatic heterocycles. The molecule has 0 atom stereocenters. The molecule has 0 N–H and O–H groups in total. The van der Waals surface area contributed by atoms with Crippen molar-refractivity contribution in [2.24, 2.45) is 0 Å². The lowest BCUT2D eigenvalue weighted by molar-refractivity contribution is 0.544. The summed E-state index contributed by atoms with van der Waals surface area (Å²) in [6.07, 6.45) is 35.1. The second kappa shape index (κ2) is 22.7. The number of hydrogen-bond acceptors (Lipinski definition) is 7. The van der Waals surface area contributed by atoms with Crippen LogP contribution in [0.2, 0.25) is 0 Å². The van der Waals surface area contributed by atoms with E-state index >= 15 is 0 Å². The molecule has 2 aromatic carbocycles. The van der Waals surface area contributed by atoms with Crippen LogP contribution < -0.4 is 9.75 Å². The van der Waals surface area contributed by atoms with Crippen molar-refractivity contribution in [3.05, 3.63) is 98.1 Å². The Morgan fingerprint density at radius 1 is 0.508 bits per heavy atom. The third-order valence-corrected chi connectivity index (χ3v) is 15.7. The SMILES string of the molecule is C=c1cc2c(s1)=c1s/c(=c3/c4nsnc4c(=C)c4nc(C)c(C)nc34)cc1/C2=C\c1cc(CCCCCCCCCCCC)cc(CCCCCCCCCCCCCC)c1. The monoisotopic (exact) mass is 870 g/mol. The largest absolute Gasteiger partial charge is 0.249 e. The average molecular weight is 871 g/mol. The van der Waals surface area contributed by atoms with Gasteiger partial charge in [-0.15, -0.1) is 22.7 Å². The number of aryl methyl sites for hydroxylation is 4. The minimum Gasteiger partial charge on any atom is -0.249 e. The smallest absolute Gasteiger partial charge is 0.116 e. The maximum Gasteiger partial charge on any atom is 0.116 e. The first-order valence-corrected chi connectivity index (χ1v) is 26.4. The Labute approximate surface area is 377 Å². The molecule has 0 saturated carbocycles. The van der Waals surface area contributed by atoms with Crippen molar-refractivity contribution in [2.45, 2.75) is 182 Å². The summed E-state index contributed by atoms with van der Waals surface area (Å²) in [4.78, 5) is 10.1. The van der Waals surface area contributed by atoms with Gasteiger partial charge in [-0.25, -0.2) is 9.97 Å². The number of nitrogens with zero attached hydrogens (tertiary/aromatic N) is 4. The van der Waals surface area contributed by atoms with Crippen LogP contribution in [-0.2, 0) is 12.8 Å². The number of unbranched alkanes of at least 4 members (excludes halogenated alkanes) is 20. The molecule has 0 fully saturated rings. The summed E-state index contributed by atoms with van der Waals surface area (Å²) in [6, 6.07) is 12.2. The van der Waals surface area contributed by atoms with Crippen LogP contribution in [0.25, 0.3) is 46.9 Å². The molecule has 7 rings (SSSR count). The lowest BCUT2D eigenvalue weighted by Gasteiger charge is -2.10. The fourth-order valence-electron chi connectivity index (χ4n) is 9.31. The molecular formula is C54H70N4S3. The molecule has 6 aromatic rings. The van der Waals surface area contributed by atoms with E-state index in [1.807, 2.05) is 36.5 Å². The van der Waals surface area contributed by atoms with Crippen molar-refractivity contribution in [1.82, 2.24) is 18.7 Å². The van der Waals surface area contributed by atoms with E-state index in [4.69, 9.17) is 18.7 Å². The highest BCUT2D eigenvalue weighted by molar-refractivity contribution is 7.12. The molecule has 4 nitrogen and oxygen atoms in total. The minimum atomic E-state index is 0.807. The van der Waals surface area contributed by atoms with Crippen molar-refractivity contribution in [1.29, 1.82) is 0 Å². The van der Waals surface area contributed by atoms with Crippen LogP contribution in [0.1, 0.15) is 194 Å². The molecule has 1 aliphatic rings. The number of fused-ring (bicyclic) bond motifs is 4. The van der Waals surface area contributed by atoms with Gasteiger partial charge in [0.15, 0.2) is 0 Å². The topological polar surface area (TPSA) is 51.6 Å². The highest BCUT2D eigenvalue weighted by atomic mass is 32.1. The molecule has 0 radical (unpaired) electrons. The van der Waals surface area contributed by atoms with E-state index in [0.717, 1.165) is 65.8 Å². The molecule has 324 valence electrons. The summed E-state index contributed by atoms with van der Waals surface area (Å²) in [7, 11) is 0. The van der Waals surface area contributed by atoms with Gasteiger partial charge in [-0.05, 0) is 80.0 Å². The van der Waals surface area contributed by atoms with Crippen molar-refractivity contribution < 1.29 is 0 Å². The van der Waals surface area contributed by atoms with Gasteiger partial charge in [-0.2, -0.15) is 8.75 Å². The Hall–Kier alpha value is -3.52. The molecule has 1 aliphatic carbocycles. The lowest BCUT2D eigenvalue weighted by atomic mass is 9.95. The predicted molar refractivity (Wildman–Crippen MR) is 268 cm³/mol. The highest BCUT2D eigenvalue weighted by Gasteiger charge is 2.22. The Bertz CT molecular complexity index is 2720. The standard InChI is InChI=1S/C54H70N4S3/c1-7-9-11-13-15-17-19-20-22-24-26-28-30-42-32-41(29-27-25-23-21-18-16-14-12-10-8-2)33-43(34-42)35-44-45-31-37(3)59-53(45)54-46(44)36-47(60-54)48-51-49(55-39(5)40(6)56-51)38(4)50-52(48)58-61-57-50/h31-36H,3-4,7-30H2,1-2,5-6H3/b44-35-,48-47+. The summed E-state index contributed by atoms with van der Waals surface area (Å²) in [5.41, 5.74) is 13.5. The average Bonchev–Trinajstić information content (AvgIpc) is 4.04. The fourth-order valence-corrected chi connectivity index (χ4v) is 12.2. The molecule has 0 amide bonds. The molecule has 0 aliphatic heterocycles. The first-order chi connectivity index (χ1) is 29.9. The third kappa shape index (κ3) is 11.5. The molecule has 0 spiro atoms. The van der Waals surface area contributed by atoms with Gasteiger partial charge >= 0.3 is 0 Å². The normalized spacial score (nSPS) is 13.6. The predicted octanol–water partition coefficient (Wildman–Crippen LogP) is 15.4. The Kier molecular flexibility index (Phi) is 16.9. The van der Waals surface area contributed by atoms with E-state index in [9.17, 15) is 0 Å². The molecule has 0 bridgehead atoms. The molecular weight excluding hydrogens is 801 g/mol. The van der Waals surface area contributed by atoms with Gasteiger partial charge < -0.3 is 0 Å². The Balaban J connectivity index is 1.14. The number of aromatic nitrogens is 4. The van der Waals surface area contributed by atoms with Gasteiger partial charge in [0, 0.05) is 30.6 Å². The van der Waals surface area contributed by atoms with Gasteiger partial charge in [0.1, 0.15) is 16.6 Å². The zero-order valence-corrected chi connectivity index (χ0v) is 40.3. The van der Waals surface area contributed by atoms with Crippen LogP contribution in [-0.4, -0.2) is 18.7 Å². The third-order valence-electron chi connectivity index (χ3n) is 12.9. The van der Waals surface area contributed by atoms with Gasteiger partial charge in [-0.3, -0.25) is 0 Å². The van der Waals surface area contributed by atoms with E-state index in [-0.39, 0.29) is 0 Å². The van der Waals surface area contributed by atoms with Crippen LogP contribution in [0.4, 0.5) is 0 Å². The van der Waals surface area contributed by atoms with Gasteiger partial charge in [0.05, 0.1) is 37.7 Å². The van der Waals surface area contributed by atoms with Crippen LogP contribution in [0.15, 0.2) is 30.3 Å². The quantitative estimate of drug-likeness (QED) is 0.0537.